The van der Waals surface area contributed by atoms with E-state index >= 15 is 0 Å². The molecule has 1 aliphatic heterocycles. The van der Waals surface area contributed by atoms with Crippen LogP contribution in [0.2, 0.25) is 0 Å². The van der Waals surface area contributed by atoms with Crippen LogP contribution in [0.25, 0.3) is 0 Å². The van der Waals surface area contributed by atoms with Crippen LogP contribution in [0.1, 0.15) is 50.8 Å². The van der Waals surface area contributed by atoms with Gasteiger partial charge in [0, 0.05) is 31.7 Å². The fourth-order valence-corrected chi connectivity index (χ4v) is 3.97. The SMILES string of the molecule is CC1CN(Cc2ccc3c(c2)CCC3)C(C(C)(C)C)CN1. The lowest BCUT2D eigenvalue weighted by molar-refractivity contribution is 0.0526. The van der Waals surface area contributed by atoms with Crippen molar-refractivity contribution in [3.8, 4) is 0 Å². The number of hydrogen-bond acceptors (Lipinski definition) is 2. The van der Waals surface area contributed by atoms with Gasteiger partial charge in [0.2, 0.25) is 0 Å². The van der Waals surface area contributed by atoms with Gasteiger partial charge < -0.3 is 5.32 Å². The number of fused-ring (bicyclic) bond motifs is 1. The monoisotopic (exact) mass is 286 g/mol. The van der Waals surface area contributed by atoms with Gasteiger partial charge in [-0.25, -0.2) is 0 Å². The van der Waals surface area contributed by atoms with Gasteiger partial charge in [-0.05, 0) is 48.3 Å². The highest BCUT2D eigenvalue weighted by atomic mass is 15.2. The Labute approximate surface area is 129 Å². The Morgan fingerprint density at radius 2 is 1.95 bits per heavy atom. The van der Waals surface area contributed by atoms with Crippen LogP contribution in [0.4, 0.5) is 0 Å². The highest BCUT2D eigenvalue weighted by molar-refractivity contribution is 5.35. The van der Waals surface area contributed by atoms with Crippen molar-refractivity contribution in [3.63, 3.8) is 0 Å². The minimum atomic E-state index is 0.323. The Hall–Kier alpha value is -0.860. The smallest absolute Gasteiger partial charge is 0.0273 e. The number of benzene rings is 1. The largest absolute Gasteiger partial charge is 0.311 e. The Morgan fingerprint density at radius 3 is 2.71 bits per heavy atom. The molecular formula is C19H30N2. The van der Waals surface area contributed by atoms with Gasteiger partial charge in [-0.2, -0.15) is 0 Å². The van der Waals surface area contributed by atoms with E-state index in [1.54, 1.807) is 11.1 Å². The summed E-state index contributed by atoms with van der Waals surface area (Å²) in [6.07, 6.45) is 3.91. The topological polar surface area (TPSA) is 15.3 Å². The van der Waals surface area contributed by atoms with Crippen LogP contribution in [-0.4, -0.2) is 30.1 Å². The molecule has 1 aromatic carbocycles. The van der Waals surface area contributed by atoms with Gasteiger partial charge in [-0.3, -0.25) is 4.90 Å². The molecule has 0 bridgehead atoms. The van der Waals surface area contributed by atoms with E-state index in [4.69, 9.17) is 0 Å². The van der Waals surface area contributed by atoms with Crippen molar-refractivity contribution in [2.24, 2.45) is 5.41 Å². The van der Waals surface area contributed by atoms with E-state index in [1.807, 2.05) is 0 Å². The van der Waals surface area contributed by atoms with Crippen molar-refractivity contribution in [1.29, 1.82) is 0 Å². The average molecular weight is 286 g/mol. The highest BCUT2D eigenvalue weighted by Gasteiger charge is 2.34. The molecule has 21 heavy (non-hydrogen) atoms. The molecule has 1 saturated heterocycles. The number of aryl methyl sites for hydroxylation is 2. The van der Waals surface area contributed by atoms with Gasteiger partial charge in [-0.1, -0.05) is 39.0 Å². The molecule has 0 radical (unpaired) electrons. The minimum absolute atomic E-state index is 0.323. The second-order valence-corrected chi connectivity index (χ2v) is 8.08. The van der Waals surface area contributed by atoms with Crippen LogP contribution in [0.5, 0.6) is 0 Å². The second kappa shape index (κ2) is 5.73. The molecule has 1 N–H and O–H groups in total. The molecule has 116 valence electrons. The summed E-state index contributed by atoms with van der Waals surface area (Å²) in [4.78, 5) is 2.69. The maximum Gasteiger partial charge on any atom is 0.0273 e. The Morgan fingerprint density at radius 1 is 1.19 bits per heavy atom. The molecule has 3 rings (SSSR count). The molecule has 1 aliphatic carbocycles. The average Bonchev–Trinajstić information content (AvgIpc) is 2.84. The molecule has 0 amide bonds. The van der Waals surface area contributed by atoms with Gasteiger partial charge in [-0.15, -0.1) is 0 Å². The van der Waals surface area contributed by atoms with Gasteiger partial charge in [0.05, 0.1) is 0 Å². The predicted octanol–water partition coefficient (Wildman–Crippen LogP) is 3.38. The standard InChI is InChI=1S/C19H30N2/c1-14-12-21(18(11-20-14)19(2,3)4)13-15-8-9-16-6-5-7-17(16)10-15/h8-10,14,18,20H,5-7,11-13H2,1-4H3. The fraction of sp³-hybridized carbons (Fsp3) is 0.684. The summed E-state index contributed by atoms with van der Waals surface area (Å²) in [6.45, 7) is 12.8. The molecule has 1 fully saturated rings. The summed E-state index contributed by atoms with van der Waals surface area (Å²) in [6, 6.07) is 8.40. The maximum absolute atomic E-state index is 3.65. The highest BCUT2D eigenvalue weighted by Crippen LogP contribution is 2.29. The van der Waals surface area contributed by atoms with Crippen molar-refractivity contribution in [2.45, 2.75) is 65.6 Å². The molecule has 2 atom stereocenters. The van der Waals surface area contributed by atoms with Crippen LogP contribution >= 0.6 is 0 Å². The molecular weight excluding hydrogens is 256 g/mol. The van der Waals surface area contributed by atoms with Crippen molar-refractivity contribution >= 4 is 0 Å². The number of hydrogen-bond donors (Lipinski definition) is 1. The summed E-state index contributed by atoms with van der Waals surface area (Å²) in [5.41, 5.74) is 5.01. The zero-order valence-corrected chi connectivity index (χ0v) is 14.1. The van der Waals surface area contributed by atoms with Gasteiger partial charge in [0.1, 0.15) is 0 Å². The van der Waals surface area contributed by atoms with E-state index in [9.17, 15) is 0 Å². The molecule has 0 aromatic heterocycles. The third-order valence-electron chi connectivity index (χ3n) is 5.16. The molecule has 2 aliphatic rings. The summed E-state index contributed by atoms with van der Waals surface area (Å²) in [7, 11) is 0. The lowest BCUT2D eigenvalue weighted by atomic mass is 9.83. The molecule has 0 spiro atoms. The summed E-state index contributed by atoms with van der Waals surface area (Å²) in [5, 5.41) is 3.65. The van der Waals surface area contributed by atoms with E-state index < -0.39 is 0 Å². The van der Waals surface area contributed by atoms with E-state index in [0.717, 1.165) is 19.6 Å². The zero-order chi connectivity index (χ0) is 15.0. The van der Waals surface area contributed by atoms with Crippen LogP contribution in [0.15, 0.2) is 18.2 Å². The van der Waals surface area contributed by atoms with Crippen molar-refractivity contribution < 1.29 is 0 Å². The first-order valence-corrected chi connectivity index (χ1v) is 8.51. The van der Waals surface area contributed by atoms with E-state index in [1.165, 1.54) is 24.8 Å². The zero-order valence-electron chi connectivity index (χ0n) is 14.1. The molecule has 2 unspecified atom stereocenters. The van der Waals surface area contributed by atoms with E-state index in [0.29, 0.717) is 17.5 Å². The molecule has 1 aromatic rings. The first-order valence-electron chi connectivity index (χ1n) is 8.51. The van der Waals surface area contributed by atoms with E-state index in [-0.39, 0.29) is 0 Å². The minimum Gasteiger partial charge on any atom is -0.311 e. The number of nitrogens with zero attached hydrogens (tertiary/aromatic N) is 1. The third-order valence-corrected chi connectivity index (χ3v) is 5.16. The summed E-state index contributed by atoms with van der Waals surface area (Å²) in [5.74, 6) is 0. The Bertz CT molecular complexity index is 501. The summed E-state index contributed by atoms with van der Waals surface area (Å²) < 4.78 is 0. The molecule has 0 saturated carbocycles. The normalized spacial score (nSPS) is 26.9. The Balaban J connectivity index is 1.77. The number of piperazine rings is 1. The van der Waals surface area contributed by atoms with Gasteiger partial charge in [0.25, 0.3) is 0 Å². The van der Waals surface area contributed by atoms with Crippen molar-refractivity contribution in [2.75, 3.05) is 13.1 Å². The molecule has 2 nitrogen and oxygen atoms in total. The fourth-order valence-electron chi connectivity index (χ4n) is 3.97. The van der Waals surface area contributed by atoms with Gasteiger partial charge >= 0.3 is 0 Å². The number of nitrogens with one attached hydrogen (secondary N) is 1. The van der Waals surface area contributed by atoms with E-state index in [2.05, 4.69) is 56.1 Å². The first kappa shape index (κ1) is 15.1. The molecule has 1 heterocycles. The number of rotatable bonds is 2. The van der Waals surface area contributed by atoms with Crippen LogP contribution in [0, 0.1) is 5.41 Å². The molecule has 2 heteroatoms. The van der Waals surface area contributed by atoms with Crippen molar-refractivity contribution in [3.05, 3.63) is 34.9 Å². The van der Waals surface area contributed by atoms with Crippen LogP contribution in [0.3, 0.4) is 0 Å². The van der Waals surface area contributed by atoms with Crippen molar-refractivity contribution in [1.82, 2.24) is 10.2 Å². The lowest BCUT2D eigenvalue weighted by Crippen LogP contribution is -2.59. The second-order valence-electron chi connectivity index (χ2n) is 8.08. The van der Waals surface area contributed by atoms with Crippen LogP contribution in [-0.2, 0) is 19.4 Å². The van der Waals surface area contributed by atoms with Crippen LogP contribution < -0.4 is 5.32 Å². The lowest BCUT2D eigenvalue weighted by Gasteiger charge is -2.46. The Kier molecular flexibility index (Phi) is 4.11. The first-order chi connectivity index (χ1) is 9.93. The van der Waals surface area contributed by atoms with Gasteiger partial charge in [0.15, 0.2) is 0 Å². The quantitative estimate of drug-likeness (QED) is 0.896. The predicted molar refractivity (Wildman–Crippen MR) is 89.6 cm³/mol. The summed E-state index contributed by atoms with van der Waals surface area (Å²) >= 11 is 0. The third kappa shape index (κ3) is 3.32. The maximum atomic E-state index is 3.65.